The Morgan fingerprint density at radius 2 is 1.00 bits per heavy atom. The molecule has 4 fully saturated rings. The van der Waals surface area contributed by atoms with Gasteiger partial charge in [-0.05, 0) is 118 Å². The van der Waals surface area contributed by atoms with Crippen LogP contribution >= 0.6 is 0 Å². The van der Waals surface area contributed by atoms with Gasteiger partial charge in [-0.3, -0.25) is 43.2 Å². The molecule has 0 unspecified atom stereocenters. The molecule has 0 aliphatic carbocycles. The molecule has 0 aromatic heterocycles. The summed E-state index contributed by atoms with van der Waals surface area (Å²) >= 11 is 0. The van der Waals surface area contributed by atoms with E-state index in [-0.39, 0.29) is 85.9 Å². The van der Waals surface area contributed by atoms with Crippen molar-refractivity contribution < 1.29 is 43.2 Å². The second-order valence-corrected chi connectivity index (χ2v) is 25.3. The standard InChI is InChI=1S/C76H92N12O9/c1-5-60(77-3)69(91)84-67-54(49-79-48-51-26-14-9-15-27-51)38-40-59-43-45-63(88(59)73(67)95)72(94)86-76(56-32-20-12-21-33-56,57-34-22-13-23-35-57)75(97)81-47-46-80-64(89)36-24-7-8-25-37-65(90)82-50-55-39-41-58-42-44-62(87(58)74(96)68(55)85-70(92)61(6-2)78-4)71(93)83-66(52-28-16-10-17-29-52)53-30-18-11-19-31-53/h9-23,26-35,54-55,58-63,66-68,77-79H,5-6,24,36,38-50H2,1-4H3,(H,80,89)(H,81,97)(H,82,90)(H,83,93)(H,84,91)(H,85,92)(H,86,94)/t54-,55-,58+,59+,60+,61+,62+,63+,67+,68+/m1/s1. The second-order valence-electron chi connectivity index (χ2n) is 25.3. The number of amides is 9. The lowest BCUT2D eigenvalue weighted by Gasteiger charge is -2.38. The molecule has 0 radical (unpaired) electrons. The molecule has 21 heteroatoms. The van der Waals surface area contributed by atoms with Crippen molar-refractivity contribution in [2.45, 2.75) is 157 Å². The lowest BCUT2D eigenvalue weighted by molar-refractivity contribution is -0.145. The third-order valence-electron chi connectivity index (χ3n) is 19.3. The van der Waals surface area contributed by atoms with Crippen molar-refractivity contribution >= 4 is 53.2 Å². The van der Waals surface area contributed by atoms with Gasteiger partial charge in [0.15, 0.2) is 5.54 Å². The molecule has 97 heavy (non-hydrogen) atoms. The molecule has 9 rings (SSSR count). The SMILES string of the molecule is CC[C@H](NC)C(=O)N[C@@H]1C(=O)N2[C@@H](CC[C@@H]1CNC(=O)C#CC#CCCC(=O)NCCNC(=O)C(NC(=O)[C@@H]1CC[C@@H]3CC[C@H](CNCc4ccccc4)[C@H](NC(=O)[C@H](CC)NC)C(=O)N31)(c1ccccc1)c1ccccc1)CC[C@H]2C(=O)NC(c1ccccc1)c1ccccc1. The van der Waals surface area contributed by atoms with E-state index in [4.69, 9.17) is 0 Å². The van der Waals surface area contributed by atoms with E-state index in [0.29, 0.717) is 88.4 Å². The minimum Gasteiger partial charge on any atom is -0.354 e. The number of likely N-dealkylation sites (N-methyl/N-ethyl adjacent to an activating group) is 2. The molecular weight excluding hydrogens is 1220 g/mol. The zero-order valence-corrected chi connectivity index (χ0v) is 55.9. The number of carbonyl (C=O) groups excluding carboxylic acids is 9. The summed E-state index contributed by atoms with van der Waals surface area (Å²) in [5.41, 5.74) is 2.02. The number of fused-ring (bicyclic) bond motifs is 2. The Labute approximate surface area is 569 Å². The van der Waals surface area contributed by atoms with Crippen LogP contribution in [0.3, 0.4) is 0 Å². The molecule has 10 atom stereocenters. The lowest BCUT2D eigenvalue weighted by Crippen LogP contribution is -2.63. The molecule has 510 valence electrons. The Morgan fingerprint density at radius 1 is 0.536 bits per heavy atom. The fourth-order valence-electron chi connectivity index (χ4n) is 14.1. The Bertz CT molecular complexity index is 3550. The molecule has 4 saturated heterocycles. The van der Waals surface area contributed by atoms with Crippen molar-refractivity contribution in [3.05, 3.63) is 179 Å². The number of hydrogen-bond acceptors (Lipinski definition) is 12. The van der Waals surface area contributed by atoms with Crippen molar-refractivity contribution in [1.29, 1.82) is 0 Å². The van der Waals surface area contributed by atoms with Crippen LogP contribution < -0.4 is 53.2 Å². The van der Waals surface area contributed by atoms with Crippen molar-refractivity contribution in [3.8, 4) is 23.7 Å². The zero-order valence-electron chi connectivity index (χ0n) is 55.9. The van der Waals surface area contributed by atoms with Crippen LogP contribution in [0.1, 0.15) is 125 Å². The minimum atomic E-state index is -1.79. The molecule has 4 aliphatic heterocycles. The molecule has 0 bridgehead atoms. The van der Waals surface area contributed by atoms with Crippen LogP contribution in [0.2, 0.25) is 0 Å². The van der Waals surface area contributed by atoms with Gasteiger partial charge in [0.05, 0.1) is 18.1 Å². The van der Waals surface area contributed by atoms with Gasteiger partial charge in [-0.15, -0.1) is 0 Å². The van der Waals surface area contributed by atoms with Gasteiger partial charge in [-0.25, -0.2) is 0 Å². The summed E-state index contributed by atoms with van der Waals surface area (Å²) in [6.45, 7) is 4.81. The molecule has 0 spiro atoms. The maximum absolute atomic E-state index is 15.2. The van der Waals surface area contributed by atoms with Gasteiger partial charge < -0.3 is 63.0 Å². The summed E-state index contributed by atoms with van der Waals surface area (Å²) in [5.74, 6) is 5.90. The predicted octanol–water partition coefficient (Wildman–Crippen LogP) is 4.38. The third-order valence-corrected chi connectivity index (χ3v) is 19.3. The van der Waals surface area contributed by atoms with E-state index < -0.39 is 71.5 Å². The first-order chi connectivity index (χ1) is 47.2. The summed E-state index contributed by atoms with van der Waals surface area (Å²) in [7, 11) is 3.38. The number of nitrogens with zero attached hydrogens (tertiary/aromatic N) is 2. The van der Waals surface area contributed by atoms with Crippen LogP contribution in [0, 0.1) is 35.5 Å². The van der Waals surface area contributed by atoms with Crippen molar-refractivity contribution in [3.63, 3.8) is 0 Å². The van der Waals surface area contributed by atoms with Gasteiger partial charge in [0.25, 0.3) is 11.8 Å². The highest BCUT2D eigenvalue weighted by Crippen LogP contribution is 2.38. The van der Waals surface area contributed by atoms with E-state index in [1.165, 1.54) is 0 Å². The van der Waals surface area contributed by atoms with Gasteiger partial charge in [-0.2, -0.15) is 0 Å². The van der Waals surface area contributed by atoms with E-state index in [1.807, 2.05) is 117 Å². The van der Waals surface area contributed by atoms with E-state index in [9.17, 15) is 28.8 Å². The summed E-state index contributed by atoms with van der Waals surface area (Å²) in [5, 5.41) is 30.6. The van der Waals surface area contributed by atoms with Gasteiger partial charge in [-0.1, -0.05) is 171 Å². The molecular formula is C76H92N12O9. The van der Waals surface area contributed by atoms with E-state index in [0.717, 1.165) is 16.7 Å². The highest BCUT2D eigenvalue weighted by Gasteiger charge is 2.52. The maximum atomic E-state index is 15.2. The Balaban J connectivity index is 0.796. The molecule has 5 aromatic carbocycles. The van der Waals surface area contributed by atoms with Crippen LogP contribution in [0.15, 0.2) is 152 Å². The second kappa shape index (κ2) is 35.4. The Kier molecular flexibility index (Phi) is 26.1. The smallest absolute Gasteiger partial charge is 0.296 e. The maximum Gasteiger partial charge on any atom is 0.296 e. The first-order valence-corrected chi connectivity index (χ1v) is 34.2. The van der Waals surface area contributed by atoms with Gasteiger partial charge in [0, 0.05) is 75.4 Å². The van der Waals surface area contributed by atoms with Crippen LogP contribution in [0.25, 0.3) is 0 Å². The number of nitrogens with one attached hydrogen (secondary N) is 10. The number of benzene rings is 5. The van der Waals surface area contributed by atoms with Gasteiger partial charge in [0.1, 0.15) is 24.2 Å². The topological polar surface area (TPSA) is 280 Å². The average Bonchev–Trinajstić information content (AvgIpc) is 1.68. The van der Waals surface area contributed by atoms with Crippen LogP contribution in [0.4, 0.5) is 0 Å². The zero-order chi connectivity index (χ0) is 68.7. The minimum absolute atomic E-state index is 0.0129. The molecule has 10 N–H and O–H groups in total. The summed E-state index contributed by atoms with van der Waals surface area (Å²) in [6.07, 6.45) is 5.29. The van der Waals surface area contributed by atoms with Crippen molar-refractivity contribution in [1.82, 2.24) is 63.0 Å². The number of hydrogen-bond donors (Lipinski definition) is 10. The molecule has 4 aliphatic rings. The average molecular weight is 1320 g/mol. The fourth-order valence-corrected chi connectivity index (χ4v) is 14.1. The van der Waals surface area contributed by atoms with E-state index in [1.54, 1.807) is 72.4 Å². The first-order valence-electron chi connectivity index (χ1n) is 34.2. The lowest BCUT2D eigenvalue weighted by atomic mass is 9.81. The molecule has 5 aromatic rings. The first kappa shape index (κ1) is 71.6. The summed E-state index contributed by atoms with van der Waals surface area (Å²) in [6, 6.07) is 41.2. The van der Waals surface area contributed by atoms with Gasteiger partial charge >= 0.3 is 0 Å². The number of carbonyl (C=O) groups is 9. The summed E-state index contributed by atoms with van der Waals surface area (Å²) < 4.78 is 0. The molecule has 0 saturated carbocycles. The predicted molar refractivity (Wildman–Crippen MR) is 370 cm³/mol. The van der Waals surface area contributed by atoms with E-state index >= 15 is 14.4 Å². The van der Waals surface area contributed by atoms with E-state index in [2.05, 4.69) is 76.8 Å². The summed E-state index contributed by atoms with van der Waals surface area (Å²) in [4.78, 5) is 131. The molecule has 9 amide bonds. The quantitative estimate of drug-likeness (QED) is 0.0247. The third kappa shape index (κ3) is 18.1. The Hall–Kier alpha value is -9.67. The molecule has 4 heterocycles. The van der Waals surface area contributed by atoms with Gasteiger partial charge in [0.2, 0.25) is 41.4 Å². The monoisotopic (exact) mass is 1320 g/mol. The Morgan fingerprint density at radius 3 is 1.51 bits per heavy atom. The fraction of sp³-hybridized carbons (Fsp3) is 0.434. The molecule has 21 nitrogen and oxygen atoms in total. The highest BCUT2D eigenvalue weighted by molar-refractivity contribution is 6.00. The van der Waals surface area contributed by atoms with Crippen LogP contribution in [-0.2, 0) is 55.2 Å². The normalized spacial score (nSPS) is 21.1. The van der Waals surface area contributed by atoms with Crippen LogP contribution in [-0.4, -0.2) is 152 Å². The largest absolute Gasteiger partial charge is 0.354 e. The van der Waals surface area contributed by atoms with Crippen molar-refractivity contribution in [2.75, 3.05) is 40.3 Å². The number of rotatable bonds is 28. The highest BCUT2D eigenvalue weighted by atomic mass is 16.2. The van der Waals surface area contributed by atoms with Crippen LogP contribution in [0.5, 0.6) is 0 Å². The van der Waals surface area contributed by atoms with Crippen molar-refractivity contribution in [2.24, 2.45) is 11.8 Å².